The van der Waals surface area contributed by atoms with Crippen LogP contribution in [-0.4, -0.2) is 55.6 Å². The molecule has 0 bridgehead atoms. The molecule has 2 amide bonds. The number of hydrogen-bond donors (Lipinski definition) is 0. The molecule has 0 aromatic heterocycles. The number of carbonyl (C=O) groups excluding carboxylic acids is 2. The van der Waals surface area contributed by atoms with Crippen molar-refractivity contribution >= 4 is 12.0 Å². The summed E-state index contributed by atoms with van der Waals surface area (Å²) in [6.07, 6.45) is 4.44. The highest BCUT2D eigenvalue weighted by Gasteiger charge is 2.19. The molecule has 5 nitrogen and oxygen atoms in total. The Morgan fingerprint density at radius 3 is 2.47 bits per heavy atom. The van der Waals surface area contributed by atoms with Crippen LogP contribution < -0.4 is 0 Å². The van der Waals surface area contributed by atoms with Crippen LogP contribution in [0.2, 0.25) is 0 Å². The van der Waals surface area contributed by atoms with E-state index >= 15 is 0 Å². The minimum absolute atomic E-state index is 0.0783. The largest absolute Gasteiger partial charge is 0.469 e. The highest BCUT2D eigenvalue weighted by molar-refractivity contribution is 5.74. The van der Waals surface area contributed by atoms with Crippen LogP contribution in [0.3, 0.4) is 0 Å². The smallest absolute Gasteiger partial charge is 0.319 e. The molecule has 0 saturated carbocycles. The number of esters is 1. The SMILES string of the molecule is COC(=O)CCCN(C)C(=O)N1CCCCC1. The van der Waals surface area contributed by atoms with Crippen molar-refractivity contribution < 1.29 is 14.3 Å². The Morgan fingerprint density at radius 2 is 1.88 bits per heavy atom. The number of carbonyl (C=O) groups is 2. The van der Waals surface area contributed by atoms with Crippen molar-refractivity contribution in [2.75, 3.05) is 33.8 Å². The summed E-state index contributed by atoms with van der Waals surface area (Å²) in [6.45, 7) is 2.32. The van der Waals surface area contributed by atoms with Crippen LogP contribution >= 0.6 is 0 Å². The van der Waals surface area contributed by atoms with Crippen LogP contribution in [0.25, 0.3) is 0 Å². The van der Waals surface area contributed by atoms with Gasteiger partial charge < -0.3 is 14.5 Å². The Kier molecular flexibility index (Phi) is 5.80. The molecule has 5 heteroatoms. The van der Waals surface area contributed by atoms with Gasteiger partial charge in [-0.2, -0.15) is 0 Å². The first kappa shape index (κ1) is 13.8. The molecule has 98 valence electrons. The minimum atomic E-state index is -0.219. The molecule has 1 aliphatic rings. The van der Waals surface area contributed by atoms with Crippen molar-refractivity contribution in [2.45, 2.75) is 32.1 Å². The molecule has 0 unspecified atom stereocenters. The van der Waals surface area contributed by atoms with Crippen molar-refractivity contribution in [3.05, 3.63) is 0 Å². The maximum atomic E-state index is 12.0. The van der Waals surface area contributed by atoms with Gasteiger partial charge >= 0.3 is 12.0 Å². The first-order valence-electron chi connectivity index (χ1n) is 6.22. The number of amides is 2. The van der Waals surface area contributed by atoms with Gasteiger partial charge in [0.25, 0.3) is 0 Å². The molecule has 0 aliphatic carbocycles. The average molecular weight is 242 g/mol. The van der Waals surface area contributed by atoms with Crippen molar-refractivity contribution in [1.82, 2.24) is 9.80 Å². The molecule has 0 aromatic rings. The number of rotatable bonds is 4. The van der Waals surface area contributed by atoms with Gasteiger partial charge in [0.2, 0.25) is 0 Å². The van der Waals surface area contributed by atoms with Crippen LogP contribution in [-0.2, 0) is 9.53 Å². The highest BCUT2D eigenvalue weighted by atomic mass is 16.5. The molecule has 0 spiro atoms. The lowest BCUT2D eigenvalue weighted by atomic mass is 10.1. The number of urea groups is 1. The summed E-state index contributed by atoms with van der Waals surface area (Å²) < 4.78 is 4.56. The first-order valence-corrected chi connectivity index (χ1v) is 6.22. The third kappa shape index (κ3) is 4.63. The molecule has 17 heavy (non-hydrogen) atoms. The van der Waals surface area contributed by atoms with Gasteiger partial charge in [-0.3, -0.25) is 4.79 Å². The van der Waals surface area contributed by atoms with E-state index in [2.05, 4.69) is 4.74 Å². The zero-order chi connectivity index (χ0) is 12.7. The van der Waals surface area contributed by atoms with Crippen molar-refractivity contribution in [1.29, 1.82) is 0 Å². The predicted octanol–water partition coefficient (Wildman–Crippen LogP) is 1.48. The van der Waals surface area contributed by atoms with Crippen LogP contribution in [0, 0.1) is 0 Å². The second-order valence-corrected chi connectivity index (χ2v) is 4.43. The minimum Gasteiger partial charge on any atom is -0.469 e. The molecule has 1 heterocycles. The molecule has 1 aliphatic heterocycles. The molecule has 1 saturated heterocycles. The summed E-state index contributed by atoms with van der Waals surface area (Å²) in [4.78, 5) is 26.5. The van der Waals surface area contributed by atoms with E-state index in [1.54, 1.807) is 11.9 Å². The van der Waals surface area contributed by atoms with Gasteiger partial charge in [0.1, 0.15) is 0 Å². The van der Waals surface area contributed by atoms with Gasteiger partial charge in [0, 0.05) is 33.1 Å². The Morgan fingerprint density at radius 1 is 1.24 bits per heavy atom. The molecule has 1 fully saturated rings. The van der Waals surface area contributed by atoms with Crippen molar-refractivity contribution in [3.8, 4) is 0 Å². The Hall–Kier alpha value is -1.26. The summed E-state index contributed by atoms with van der Waals surface area (Å²) in [6, 6.07) is 0.0783. The number of piperidine rings is 1. The molecule has 1 rings (SSSR count). The van der Waals surface area contributed by atoms with Gasteiger partial charge in [-0.1, -0.05) is 0 Å². The summed E-state index contributed by atoms with van der Waals surface area (Å²) in [5.74, 6) is -0.219. The van der Waals surface area contributed by atoms with Crippen molar-refractivity contribution in [3.63, 3.8) is 0 Å². The van der Waals surface area contributed by atoms with Gasteiger partial charge in [-0.15, -0.1) is 0 Å². The highest BCUT2D eigenvalue weighted by Crippen LogP contribution is 2.10. The normalized spacial score (nSPS) is 15.5. The zero-order valence-corrected chi connectivity index (χ0v) is 10.8. The van der Waals surface area contributed by atoms with Crippen LogP contribution in [0.1, 0.15) is 32.1 Å². The van der Waals surface area contributed by atoms with E-state index in [0.717, 1.165) is 25.9 Å². The van der Waals surface area contributed by atoms with Crippen LogP contribution in [0.15, 0.2) is 0 Å². The number of nitrogens with zero attached hydrogens (tertiary/aromatic N) is 2. The molecule has 0 N–H and O–H groups in total. The van der Waals surface area contributed by atoms with E-state index in [0.29, 0.717) is 19.4 Å². The second kappa shape index (κ2) is 7.14. The maximum absolute atomic E-state index is 12.0. The van der Waals surface area contributed by atoms with Crippen LogP contribution in [0.4, 0.5) is 4.79 Å². The lowest BCUT2D eigenvalue weighted by Gasteiger charge is -2.31. The molecule has 0 radical (unpaired) electrons. The van der Waals surface area contributed by atoms with E-state index in [1.165, 1.54) is 13.5 Å². The number of hydrogen-bond acceptors (Lipinski definition) is 3. The quantitative estimate of drug-likeness (QED) is 0.702. The lowest BCUT2D eigenvalue weighted by Crippen LogP contribution is -2.44. The molecular weight excluding hydrogens is 220 g/mol. The molecule has 0 atom stereocenters. The summed E-state index contributed by atoms with van der Waals surface area (Å²) in [5, 5.41) is 0. The maximum Gasteiger partial charge on any atom is 0.319 e. The lowest BCUT2D eigenvalue weighted by molar-refractivity contribution is -0.140. The summed E-state index contributed by atoms with van der Waals surface area (Å²) in [7, 11) is 3.17. The number of ether oxygens (including phenoxy) is 1. The Bertz CT molecular complexity index is 262. The standard InChI is InChI=1S/C12H22N2O3/c1-13(8-6-7-11(15)17-2)12(16)14-9-4-3-5-10-14/h3-10H2,1-2H3. The third-order valence-electron chi connectivity index (χ3n) is 3.06. The van der Waals surface area contributed by atoms with Gasteiger partial charge in [0.05, 0.1) is 7.11 Å². The van der Waals surface area contributed by atoms with Gasteiger partial charge in [-0.05, 0) is 25.7 Å². The Balaban J connectivity index is 2.23. The fourth-order valence-electron chi connectivity index (χ4n) is 1.98. The van der Waals surface area contributed by atoms with Gasteiger partial charge in [0.15, 0.2) is 0 Å². The molecule has 0 aromatic carbocycles. The van der Waals surface area contributed by atoms with Crippen LogP contribution in [0.5, 0.6) is 0 Å². The van der Waals surface area contributed by atoms with Crippen molar-refractivity contribution in [2.24, 2.45) is 0 Å². The number of likely N-dealkylation sites (tertiary alicyclic amines) is 1. The van der Waals surface area contributed by atoms with E-state index in [9.17, 15) is 9.59 Å². The third-order valence-corrected chi connectivity index (χ3v) is 3.06. The molecular formula is C12H22N2O3. The predicted molar refractivity (Wildman–Crippen MR) is 64.7 cm³/mol. The summed E-state index contributed by atoms with van der Waals surface area (Å²) in [5.41, 5.74) is 0. The summed E-state index contributed by atoms with van der Waals surface area (Å²) >= 11 is 0. The van der Waals surface area contributed by atoms with E-state index in [4.69, 9.17) is 0 Å². The topological polar surface area (TPSA) is 49.9 Å². The van der Waals surface area contributed by atoms with Gasteiger partial charge in [-0.25, -0.2) is 4.79 Å². The fraction of sp³-hybridized carbons (Fsp3) is 0.833. The Labute approximate surface area is 103 Å². The number of methoxy groups -OCH3 is 1. The van der Waals surface area contributed by atoms with E-state index < -0.39 is 0 Å². The monoisotopic (exact) mass is 242 g/mol. The fourth-order valence-corrected chi connectivity index (χ4v) is 1.98. The first-order chi connectivity index (χ1) is 8.15. The van der Waals surface area contributed by atoms with E-state index in [1.807, 2.05) is 4.90 Å². The average Bonchev–Trinajstić information content (AvgIpc) is 2.38. The zero-order valence-electron chi connectivity index (χ0n) is 10.8. The van der Waals surface area contributed by atoms with E-state index in [-0.39, 0.29) is 12.0 Å². The second-order valence-electron chi connectivity index (χ2n) is 4.43.